The lowest BCUT2D eigenvalue weighted by molar-refractivity contribution is -0.384. The summed E-state index contributed by atoms with van der Waals surface area (Å²) < 4.78 is 1.47. The van der Waals surface area contributed by atoms with E-state index in [2.05, 4.69) is 5.32 Å². The van der Waals surface area contributed by atoms with Gasteiger partial charge in [-0.05, 0) is 32.6 Å². The summed E-state index contributed by atoms with van der Waals surface area (Å²) in [7, 11) is 0. The van der Waals surface area contributed by atoms with Crippen LogP contribution in [-0.4, -0.2) is 32.5 Å². The first-order valence-electron chi connectivity index (χ1n) is 6.71. The average molecular weight is 295 g/mol. The predicted octanol–water partition coefficient (Wildman–Crippen LogP) is 1.57. The van der Waals surface area contributed by atoms with Crippen molar-refractivity contribution >= 4 is 17.6 Å². The second-order valence-electron chi connectivity index (χ2n) is 5.47. The summed E-state index contributed by atoms with van der Waals surface area (Å²) in [5, 5.41) is 22.4. The molecule has 0 aromatic carbocycles. The fourth-order valence-electron chi connectivity index (χ4n) is 2.20. The van der Waals surface area contributed by atoms with Gasteiger partial charge >= 0.3 is 5.97 Å². The van der Waals surface area contributed by atoms with Crippen LogP contribution < -0.4 is 5.32 Å². The second-order valence-corrected chi connectivity index (χ2v) is 5.47. The molecule has 0 saturated heterocycles. The lowest BCUT2D eigenvalue weighted by atomic mass is 10.2. The highest BCUT2D eigenvalue weighted by Gasteiger charge is 2.38. The number of aromatic nitrogens is 1. The molecule has 114 valence electrons. The molecule has 1 fully saturated rings. The molecule has 1 saturated carbocycles. The molecule has 0 bridgehead atoms. The van der Waals surface area contributed by atoms with Crippen molar-refractivity contribution in [2.24, 2.45) is 5.92 Å². The van der Waals surface area contributed by atoms with Crippen molar-refractivity contribution in [3.05, 3.63) is 28.1 Å². The van der Waals surface area contributed by atoms with Crippen LogP contribution in [0.3, 0.4) is 0 Å². The van der Waals surface area contributed by atoms with Gasteiger partial charge in [0.05, 0.1) is 11.1 Å². The third-order valence-corrected chi connectivity index (χ3v) is 3.48. The molecule has 2 N–H and O–H groups in total. The number of carboxylic acids is 1. The zero-order chi connectivity index (χ0) is 15.7. The van der Waals surface area contributed by atoms with Crippen LogP contribution in [0.2, 0.25) is 0 Å². The van der Waals surface area contributed by atoms with E-state index in [9.17, 15) is 19.7 Å². The number of carbonyl (C=O) groups is 2. The maximum absolute atomic E-state index is 12.2. The Morgan fingerprint density at radius 2 is 2.10 bits per heavy atom. The first-order chi connectivity index (χ1) is 9.81. The largest absolute Gasteiger partial charge is 0.480 e. The Bertz CT molecular complexity index is 589. The minimum Gasteiger partial charge on any atom is -0.480 e. The normalized spacial score (nSPS) is 15.8. The molecule has 1 aromatic heterocycles. The monoisotopic (exact) mass is 295 g/mol. The van der Waals surface area contributed by atoms with Crippen LogP contribution in [0.25, 0.3) is 0 Å². The minimum atomic E-state index is -1.08. The van der Waals surface area contributed by atoms with Gasteiger partial charge in [-0.1, -0.05) is 0 Å². The molecule has 8 heteroatoms. The van der Waals surface area contributed by atoms with Crippen LogP contribution in [-0.2, 0) is 4.79 Å². The summed E-state index contributed by atoms with van der Waals surface area (Å²) in [4.78, 5) is 33.6. The highest BCUT2D eigenvalue weighted by molar-refractivity contribution is 5.96. The molecule has 1 heterocycles. The van der Waals surface area contributed by atoms with E-state index in [4.69, 9.17) is 5.11 Å². The SMILES string of the molecule is CC(C)n1cc([N+](=O)[O-])cc1C(=O)NC(C(=O)O)C1CC1. The lowest BCUT2D eigenvalue weighted by Gasteiger charge is -2.16. The van der Waals surface area contributed by atoms with E-state index in [1.807, 2.05) is 0 Å². The number of hydrogen-bond donors (Lipinski definition) is 2. The van der Waals surface area contributed by atoms with Gasteiger partial charge in [-0.15, -0.1) is 0 Å². The Hall–Kier alpha value is -2.38. The maximum Gasteiger partial charge on any atom is 0.326 e. The number of amides is 1. The standard InChI is InChI=1S/C13H17N3O5/c1-7(2)15-6-9(16(20)21)5-10(15)12(17)14-11(13(18)19)8-3-4-8/h5-8,11H,3-4H2,1-2H3,(H,14,17)(H,18,19). The molecule has 1 atom stereocenters. The molecule has 0 spiro atoms. The molecular formula is C13H17N3O5. The highest BCUT2D eigenvalue weighted by Crippen LogP contribution is 2.33. The van der Waals surface area contributed by atoms with Crippen molar-refractivity contribution in [1.29, 1.82) is 0 Å². The molecule has 1 unspecified atom stereocenters. The number of aliphatic carboxylic acids is 1. The van der Waals surface area contributed by atoms with E-state index < -0.39 is 22.8 Å². The van der Waals surface area contributed by atoms with Crippen LogP contribution in [0.4, 0.5) is 5.69 Å². The Labute approximate surface area is 120 Å². The van der Waals surface area contributed by atoms with E-state index in [-0.39, 0.29) is 23.3 Å². The van der Waals surface area contributed by atoms with E-state index >= 15 is 0 Å². The molecule has 2 rings (SSSR count). The van der Waals surface area contributed by atoms with Crippen molar-refractivity contribution in [3.63, 3.8) is 0 Å². The van der Waals surface area contributed by atoms with Gasteiger partial charge in [0.1, 0.15) is 11.7 Å². The Balaban J connectivity index is 2.25. The smallest absolute Gasteiger partial charge is 0.326 e. The van der Waals surface area contributed by atoms with Crippen LogP contribution in [0.5, 0.6) is 0 Å². The number of nitro groups is 1. The minimum absolute atomic E-state index is 0.0519. The topological polar surface area (TPSA) is 114 Å². The summed E-state index contributed by atoms with van der Waals surface area (Å²) >= 11 is 0. The molecule has 1 aliphatic rings. The third-order valence-electron chi connectivity index (χ3n) is 3.48. The fraction of sp³-hybridized carbons (Fsp3) is 0.538. The van der Waals surface area contributed by atoms with Crippen molar-refractivity contribution < 1.29 is 19.6 Å². The Morgan fingerprint density at radius 1 is 1.48 bits per heavy atom. The first-order valence-corrected chi connectivity index (χ1v) is 6.71. The summed E-state index contributed by atoms with van der Waals surface area (Å²) in [5.74, 6) is -1.73. The van der Waals surface area contributed by atoms with Gasteiger partial charge in [0.25, 0.3) is 11.6 Å². The summed E-state index contributed by atoms with van der Waals surface area (Å²) in [6.45, 7) is 3.58. The van der Waals surface area contributed by atoms with Crippen molar-refractivity contribution in [2.75, 3.05) is 0 Å². The van der Waals surface area contributed by atoms with Gasteiger partial charge < -0.3 is 15.0 Å². The zero-order valence-electron chi connectivity index (χ0n) is 11.8. The number of nitrogens with one attached hydrogen (secondary N) is 1. The molecule has 0 aliphatic heterocycles. The van der Waals surface area contributed by atoms with Gasteiger partial charge in [-0.2, -0.15) is 0 Å². The number of carboxylic acid groups (broad SMARTS) is 1. The second kappa shape index (κ2) is 5.55. The van der Waals surface area contributed by atoms with Crippen molar-refractivity contribution in [1.82, 2.24) is 9.88 Å². The highest BCUT2D eigenvalue weighted by atomic mass is 16.6. The number of rotatable bonds is 6. The number of carbonyl (C=O) groups excluding carboxylic acids is 1. The molecule has 8 nitrogen and oxygen atoms in total. The molecule has 0 radical (unpaired) electrons. The molecule has 21 heavy (non-hydrogen) atoms. The first kappa shape index (κ1) is 15.0. The Morgan fingerprint density at radius 3 is 2.52 bits per heavy atom. The van der Waals surface area contributed by atoms with Gasteiger partial charge in [0.2, 0.25) is 0 Å². The molecule has 1 aliphatic carbocycles. The number of hydrogen-bond acceptors (Lipinski definition) is 4. The summed E-state index contributed by atoms with van der Waals surface area (Å²) in [6, 6.07) is 0.0805. The van der Waals surface area contributed by atoms with Crippen LogP contribution in [0.1, 0.15) is 43.2 Å². The van der Waals surface area contributed by atoms with Gasteiger partial charge in [0, 0.05) is 12.1 Å². The van der Waals surface area contributed by atoms with E-state index in [0.717, 1.165) is 12.8 Å². The number of nitrogens with zero attached hydrogens (tertiary/aromatic N) is 2. The van der Waals surface area contributed by atoms with Crippen LogP contribution >= 0.6 is 0 Å². The predicted molar refractivity (Wildman–Crippen MR) is 73.1 cm³/mol. The van der Waals surface area contributed by atoms with Crippen molar-refractivity contribution in [2.45, 2.75) is 38.8 Å². The van der Waals surface area contributed by atoms with E-state index in [0.29, 0.717) is 0 Å². The Kier molecular flexibility index (Phi) is 3.97. The quantitative estimate of drug-likeness (QED) is 0.610. The van der Waals surface area contributed by atoms with Gasteiger partial charge in [0.15, 0.2) is 0 Å². The van der Waals surface area contributed by atoms with Crippen LogP contribution in [0.15, 0.2) is 12.3 Å². The zero-order valence-corrected chi connectivity index (χ0v) is 11.8. The fourth-order valence-corrected chi connectivity index (χ4v) is 2.20. The van der Waals surface area contributed by atoms with Gasteiger partial charge in [-0.25, -0.2) is 4.79 Å². The maximum atomic E-state index is 12.2. The van der Waals surface area contributed by atoms with E-state index in [1.165, 1.54) is 16.8 Å². The average Bonchev–Trinajstić information content (AvgIpc) is 3.11. The summed E-state index contributed by atoms with van der Waals surface area (Å²) in [5.41, 5.74) is -0.0873. The summed E-state index contributed by atoms with van der Waals surface area (Å²) in [6.07, 6.45) is 2.82. The third kappa shape index (κ3) is 3.21. The molecule has 1 amide bonds. The van der Waals surface area contributed by atoms with Crippen molar-refractivity contribution in [3.8, 4) is 0 Å². The van der Waals surface area contributed by atoms with E-state index in [1.54, 1.807) is 13.8 Å². The molecular weight excluding hydrogens is 278 g/mol. The van der Waals surface area contributed by atoms with Crippen LogP contribution in [0, 0.1) is 16.0 Å². The lowest BCUT2D eigenvalue weighted by Crippen LogP contribution is -2.43. The molecule has 1 aromatic rings. The van der Waals surface area contributed by atoms with Gasteiger partial charge in [-0.3, -0.25) is 14.9 Å².